The van der Waals surface area contributed by atoms with Crippen molar-refractivity contribution in [3.8, 4) is 0 Å². The highest BCUT2D eigenvalue weighted by atomic mass is 16.7. The van der Waals surface area contributed by atoms with Crippen molar-refractivity contribution in [2.45, 2.75) is 428 Å². The number of amides is 1. The van der Waals surface area contributed by atoms with Crippen molar-refractivity contribution in [2.24, 2.45) is 0 Å². The number of hydrogen-bond donors (Lipinski definition) is 8. The van der Waals surface area contributed by atoms with Gasteiger partial charge in [0.15, 0.2) is 6.29 Å². The fourth-order valence-electron chi connectivity index (χ4n) is 12.3. The van der Waals surface area contributed by atoms with E-state index in [4.69, 9.17) is 9.47 Å². The predicted molar refractivity (Wildman–Crippen MR) is 358 cm³/mol. The topological polar surface area (TPSA) is 189 Å². The number of aliphatic hydroxyl groups is 7. The second kappa shape index (κ2) is 62.8. The van der Waals surface area contributed by atoms with Gasteiger partial charge >= 0.3 is 0 Å². The minimum absolute atomic E-state index is 0.250. The van der Waals surface area contributed by atoms with Crippen LogP contribution in [0.25, 0.3) is 0 Å². The molecule has 0 saturated carbocycles. The average molecular weight is 1210 g/mol. The highest BCUT2D eigenvalue weighted by Gasteiger charge is 2.44. The smallest absolute Gasteiger partial charge is 0.249 e. The molecule has 1 aliphatic rings. The van der Waals surface area contributed by atoms with Gasteiger partial charge in [0, 0.05) is 0 Å². The summed E-state index contributed by atoms with van der Waals surface area (Å²) >= 11 is 0. The van der Waals surface area contributed by atoms with Crippen molar-refractivity contribution in [3.63, 3.8) is 0 Å². The van der Waals surface area contributed by atoms with Gasteiger partial charge in [-0.2, -0.15) is 0 Å². The van der Waals surface area contributed by atoms with Gasteiger partial charge in [0.2, 0.25) is 5.91 Å². The van der Waals surface area contributed by atoms with Gasteiger partial charge in [0.25, 0.3) is 0 Å². The van der Waals surface area contributed by atoms with Crippen LogP contribution in [-0.4, -0.2) is 110 Å². The first kappa shape index (κ1) is 81.6. The van der Waals surface area contributed by atoms with Crippen LogP contribution in [0.4, 0.5) is 0 Å². The first-order valence-corrected chi connectivity index (χ1v) is 37.2. The molecule has 0 radical (unpaired) electrons. The van der Waals surface area contributed by atoms with Crippen molar-refractivity contribution < 1.29 is 50.0 Å². The number of allylic oxidation sites excluding steroid dienone is 4. The maximum atomic E-state index is 13.3. The maximum absolute atomic E-state index is 13.3. The Kier molecular flexibility index (Phi) is 60.3. The summed E-state index contributed by atoms with van der Waals surface area (Å²) in [5, 5.41) is 76.6. The molecule has 0 bridgehead atoms. The molecule has 1 fully saturated rings. The fourth-order valence-corrected chi connectivity index (χ4v) is 12.3. The third-order valence-electron chi connectivity index (χ3n) is 18.2. The van der Waals surface area contributed by atoms with Crippen LogP contribution in [0, 0.1) is 0 Å². The van der Waals surface area contributed by atoms with Crippen LogP contribution in [0.1, 0.15) is 373 Å². The summed E-state index contributed by atoms with van der Waals surface area (Å²) in [7, 11) is 0. The lowest BCUT2D eigenvalue weighted by Gasteiger charge is -2.40. The molecule has 9 atom stereocenters. The number of ether oxygens (including phenoxy) is 2. The van der Waals surface area contributed by atoms with Gasteiger partial charge in [0.1, 0.15) is 36.6 Å². The first-order valence-electron chi connectivity index (χ1n) is 37.2. The highest BCUT2D eigenvalue weighted by molar-refractivity contribution is 5.80. The zero-order valence-corrected chi connectivity index (χ0v) is 55.9. The van der Waals surface area contributed by atoms with E-state index >= 15 is 0 Å². The van der Waals surface area contributed by atoms with Gasteiger partial charge in [-0.25, -0.2) is 0 Å². The minimum Gasteiger partial charge on any atom is -0.394 e. The van der Waals surface area contributed by atoms with Crippen LogP contribution in [0.3, 0.4) is 0 Å². The number of unbranched alkanes of at least 4 members (excludes halogenated alkanes) is 50. The molecule has 9 unspecified atom stereocenters. The lowest BCUT2D eigenvalue weighted by atomic mass is 9.98. The van der Waals surface area contributed by atoms with Crippen molar-refractivity contribution >= 4 is 5.91 Å². The molecule has 1 heterocycles. The Labute approximate surface area is 524 Å². The Morgan fingerprint density at radius 3 is 1.05 bits per heavy atom. The number of hydrogen-bond acceptors (Lipinski definition) is 10. The Morgan fingerprint density at radius 2 is 0.706 bits per heavy atom. The van der Waals surface area contributed by atoms with Crippen LogP contribution in [0.5, 0.6) is 0 Å². The number of rotatable bonds is 66. The number of carbonyl (C=O) groups excluding carboxylic acids is 1. The number of carbonyl (C=O) groups is 1. The SMILES string of the molecule is CCCCCCCCCCCCCCCCCCCCCCCCC/C=C/CC/C=C/CCCC(O)C(O)C(COC1OC(CO)C(O)C(O)C1O)NC(=O)C(O)CCCCCCCCCCCCCCCCCCCCCCCCCCCC. The van der Waals surface area contributed by atoms with Gasteiger partial charge in [-0.05, 0) is 51.4 Å². The van der Waals surface area contributed by atoms with E-state index < -0.39 is 74.2 Å². The summed E-state index contributed by atoms with van der Waals surface area (Å²) in [6.45, 7) is 3.51. The van der Waals surface area contributed by atoms with E-state index in [1.165, 1.54) is 289 Å². The van der Waals surface area contributed by atoms with Crippen molar-refractivity contribution in [3.05, 3.63) is 24.3 Å². The van der Waals surface area contributed by atoms with Crippen molar-refractivity contribution in [2.75, 3.05) is 13.2 Å². The molecular weight excluding hydrogens is 1060 g/mol. The summed E-state index contributed by atoms with van der Waals surface area (Å²) in [5.74, 6) is -0.702. The molecular formula is C74H143NO10. The largest absolute Gasteiger partial charge is 0.394 e. The van der Waals surface area contributed by atoms with E-state index in [1.54, 1.807) is 0 Å². The second-order valence-corrected chi connectivity index (χ2v) is 26.4. The van der Waals surface area contributed by atoms with E-state index in [0.717, 1.165) is 38.5 Å². The van der Waals surface area contributed by atoms with Crippen molar-refractivity contribution in [1.82, 2.24) is 5.32 Å². The molecule has 0 aromatic rings. The zero-order valence-electron chi connectivity index (χ0n) is 55.9. The molecule has 0 spiro atoms. The van der Waals surface area contributed by atoms with Crippen molar-refractivity contribution in [1.29, 1.82) is 0 Å². The first-order chi connectivity index (χ1) is 41.7. The Morgan fingerprint density at radius 1 is 0.400 bits per heavy atom. The van der Waals surface area contributed by atoms with E-state index in [-0.39, 0.29) is 12.8 Å². The lowest BCUT2D eigenvalue weighted by molar-refractivity contribution is -0.303. The summed E-state index contributed by atoms with van der Waals surface area (Å²) in [6, 6.07) is -1.19. The van der Waals surface area contributed by atoms with E-state index in [2.05, 4.69) is 43.5 Å². The van der Waals surface area contributed by atoms with Gasteiger partial charge in [-0.15, -0.1) is 0 Å². The molecule has 11 nitrogen and oxygen atoms in total. The normalized spacial score (nSPS) is 18.9. The summed E-state index contributed by atoms with van der Waals surface area (Å²) < 4.78 is 11.2. The third-order valence-corrected chi connectivity index (χ3v) is 18.2. The van der Waals surface area contributed by atoms with Gasteiger partial charge in [-0.3, -0.25) is 4.79 Å². The number of aliphatic hydroxyl groups excluding tert-OH is 7. The fraction of sp³-hybridized carbons (Fsp3) is 0.932. The molecule has 504 valence electrons. The van der Waals surface area contributed by atoms with Gasteiger partial charge < -0.3 is 50.5 Å². The Bertz CT molecular complexity index is 1430. The molecule has 1 aliphatic heterocycles. The quantitative estimate of drug-likeness (QED) is 0.0215. The molecule has 1 saturated heterocycles. The van der Waals surface area contributed by atoms with Crippen LogP contribution in [0.15, 0.2) is 24.3 Å². The van der Waals surface area contributed by atoms with E-state index in [0.29, 0.717) is 19.3 Å². The second-order valence-electron chi connectivity index (χ2n) is 26.4. The molecule has 8 N–H and O–H groups in total. The maximum Gasteiger partial charge on any atom is 0.249 e. The Balaban J connectivity index is 2.19. The van der Waals surface area contributed by atoms with Crippen LogP contribution in [0.2, 0.25) is 0 Å². The van der Waals surface area contributed by atoms with Gasteiger partial charge in [0.05, 0.1) is 25.4 Å². The zero-order chi connectivity index (χ0) is 61.7. The summed E-state index contributed by atoms with van der Waals surface area (Å²) in [6.07, 6.45) is 68.6. The van der Waals surface area contributed by atoms with E-state index in [1.807, 2.05) is 0 Å². The van der Waals surface area contributed by atoms with E-state index in [9.17, 15) is 40.5 Å². The lowest BCUT2D eigenvalue weighted by Crippen LogP contribution is -2.60. The average Bonchev–Trinajstić information content (AvgIpc) is 3.51. The molecule has 85 heavy (non-hydrogen) atoms. The number of nitrogens with one attached hydrogen (secondary N) is 1. The van der Waals surface area contributed by atoms with Crippen LogP contribution in [-0.2, 0) is 14.3 Å². The minimum atomic E-state index is -1.67. The van der Waals surface area contributed by atoms with Gasteiger partial charge in [-0.1, -0.05) is 346 Å². The third kappa shape index (κ3) is 50.0. The molecule has 1 rings (SSSR count). The Hall–Kier alpha value is -1.41. The predicted octanol–water partition coefficient (Wildman–Crippen LogP) is 18.4. The monoisotopic (exact) mass is 1210 g/mol. The molecule has 1 amide bonds. The summed E-state index contributed by atoms with van der Waals surface area (Å²) in [4.78, 5) is 13.3. The van der Waals surface area contributed by atoms with Crippen LogP contribution >= 0.6 is 0 Å². The van der Waals surface area contributed by atoms with Crippen LogP contribution < -0.4 is 5.32 Å². The summed E-state index contributed by atoms with van der Waals surface area (Å²) in [5.41, 5.74) is 0. The standard InChI is InChI=1S/C74H143NO10/c1-3-5-7-9-11-13-15-17-19-21-23-25-27-29-31-32-33-34-35-36-38-39-41-43-45-47-49-51-53-55-57-59-61-66(77)69(79)65(64-84-74-72(82)71(81)70(80)68(63-76)85-74)75-73(83)67(78)62-60-58-56-54-52-50-48-46-44-42-40-37-30-28-26-24-22-20-18-16-14-12-10-8-6-4-2/h45,47,53,55,65-72,74,76-82H,3-44,46,48-52,54,56-64H2,1-2H3,(H,75,83)/b47-45+,55-53+. The molecule has 0 aromatic heterocycles. The highest BCUT2D eigenvalue weighted by Crippen LogP contribution is 2.24. The molecule has 11 heteroatoms. The molecule has 0 aromatic carbocycles. The molecule has 0 aliphatic carbocycles.